The van der Waals surface area contributed by atoms with Crippen LogP contribution in [0.25, 0.3) is 0 Å². The highest BCUT2D eigenvalue weighted by molar-refractivity contribution is 5.69. The van der Waals surface area contributed by atoms with Gasteiger partial charge in [-0.25, -0.2) is 0 Å². The van der Waals surface area contributed by atoms with Gasteiger partial charge in [0.05, 0.1) is 13.5 Å². The number of hydrogen-bond acceptors (Lipinski definition) is 5. The van der Waals surface area contributed by atoms with Crippen molar-refractivity contribution in [2.24, 2.45) is 5.92 Å². The van der Waals surface area contributed by atoms with Crippen LogP contribution in [0, 0.1) is 16.0 Å². The molecule has 0 aromatic rings. The minimum absolute atomic E-state index is 0.00760. The fourth-order valence-corrected chi connectivity index (χ4v) is 2.56. The average Bonchev–Trinajstić information content (AvgIpc) is 2.39. The Bertz CT molecular complexity index is 288. The summed E-state index contributed by atoms with van der Waals surface area (Å²) in [5.41, 5.74) is 0. The number of methoxy groups -OCH3 is 1. The normalized spacial score (nSPS) is 20.1. The van der Waals surface area contributed by atoms with Crippen LogP contribution in [0.4, 0.5) is 0 Å². The van der Waals surface area contributed by atoms with E-state index in [1.54, 1.807) is 0 Å². The first-order valence-electron chi connectivity index (χ1n) is 6.44. The Morgan fingerprint density at radius 1 is 1.44 bits per heavy atom. The second kappa shape index (κ2) is 7.31. The summed E-state index contributed by atoms with van der Waals surface area (Å²) < 4.78 is 4.46. The van der Waals surface area contributed by atoms with E-state index in [0.29, 0.717) is 0 Å². The summed E-state index contributed by atoms with van der Waals surface area (Å²) in [6, 6.07) is -1.06. The summed E-state index contributed by atoms with van der Waals surface area (Å²) in [5, 5.41) is 21.1. The second-order valence-electron chi connectivity index (χ2n) is 4.86. The number of carbonyl (C=O) groups is 1. The molecule has 0 saturated heterocycles. The van der Waals surface area contributed by atoms with Gasteiger partial charge in [0.2, 0.25) is 6.04 Å². The number of esters is 1. The number of nitro groups is 1. The van der Waals surface area contributed by atoms with Crippen molar-refractivity contribution >= 4 is 5.97 Å². The Balaban J connectivity index is 2.53. The lowest BCUT2D eigenvalue weighted by Crippen LogP contribution is -2.40. The fourth-order valence-electron chi connectivity index (χ4n) is 2.56. The molecule has 0 aliphatic heterocycles. The van der Waals surface area contributed by atoms with Crippen molar-refractivity contribution in [2.45, 2.75) is 57.1 Å². The van der Waals surface area contributed by atoms with Gasteiger partial charge in [0, 0.05) is 11.3 Å². The van der Waals surface area contributed by atoms with E-state index in [2.05, 4.69) is 4.74 Å². The van der Waals surface area contributed by atoms with Crippen LogP contribution in [0.1, 0.15) is 44.9 Å². The lowest BCUT2D eigenvalue weighted by atomic mass is 9.82. The third-order valence-corrected chi connectivity index (χ3v) is 3.67. The minimum Gasteiger partial charge on any atom is -0.469 e. The predicted molar refractivity (Wildman–Crippen MR) is 64.6 cm³/mol. The summed E-state index contributed by atoms with van der Waals surface area (Å²) >= 11 is 0. The third kappa shape index (κ3) is 4.25. The first-order chi connectivity index (χ1) is 8.56. The molecule has 0 radical (unpaired) electrons. The van der Waals surface area contributed by atoms with Crippen molar-refractivity contribution in [3.05, 3.63) is 10.1 Å². The highest BCUT2D eigenvalue weighted by Crippen LogP contribution is 2.29. The molecule has 1 unspecified atom stereocenters. The van der Waals surface area contributed by atoms with Gasteiger partial charge < -0.3 is 9.84 Å². The van der Waals surface area contributed by atoms with Crippen molar-refractivity contribution in [1.29, 1.82) is 0 Å². The summed E-state index contributed by atoms with van der Waals surface area (Å²) in [5.74, 6) is -0.482. The Morgan fingerprint density at radius 2 is 2.06 bits per heavy atom. The summed E-state index contributed by atoms with van der Waals surface area (Å²) in [6.45, 7) is 0. The molecule has 1 N–H and O–H groups in total. The zero-order valence-electron chi connectivity index (χ0n) is 10.7. The molecule has 1 saturated carbocycles. The van der Waals surface area contributed by atoms with Gasteiger partial charge in [-0.2, -0.15) is 0 Å². The largest absolute Gasteiger partial charge is 0.469 e. The van der Waals surface area contributed by atoms with Crippen LogP contribution in [-0.4, -0.2) is 35.3 Å². The SMILES string of the molecule is COC(=O)CCC([C@@H](O)C1CCCCC1)[N+](=O)[O-]. The molecule has 1 rings (SSSR count). The van der Waals surface area contributed by atoms with Gasteiger partial charge in [-0.1, -0.05) is 19.3 Å². The Kier molecular flexibility index (Phi) is 6.04. The zero-order chi connectivity index (χ0) is 13.5. The van der Waals surface area contributed by atoms with E-state index in [4.69, 9.17) is 0 Å². The van der Waals surface area contributed by atoms with E-state index in [0.717, 1.165) is 32.1 Å². The Labute approximate surface area is 106 Å². The molecule has 0 heterocycles. The molecule has 0 spiro atoms. The number of hydrogen-bond donors (Lipinski definition) is 1. The molecule has 104 valence electrons. The first-order valence-corrected chi connectivity index (χ1v) is 6.44. The number of carbonyl (C=O) groups excluding carboxylic acids is 1. The van der Waals surface area contributed by atoms with Crippen LogP contribution in [0.15, 0.2) is 0 Å². The van der Waals surface area contributed by atoms with Gasteiger partial charge in [-0.15, -0.1) is 0 Å². The highest BCUT2D eigenvalue weighted by atomic mass is 16.6. The lowest BCUT2D eigenvalue weighted by molar-refractivity contribution is -0.537. The standard InChI is InChI=1S/C12H21NO5/c1-18-11(14)8-7-10(13(16)17)12(15)9-5-3-2-4-6-9/h9-10,12,15H,2-8H2,1H3/t10?,12-/m0/s1. The van der Waals surface area contributed by atoms with Gasteiger partial charge in [0.1, 0.15) is 6.10 Å². The number of rotatable bonds is 6. The van der Waals surface area contributed by atoms with Gasteiger partial charge in [-0.05, 0) is 18.8 Å². The Hall–Kier alpha value is -1.17. The summed E-state index contributed by atoms with van der Waals surface area (Å²) in [6.07, 6.45) is 3.90. The molecule has 2 atom stereocenters. The van der Waals surface area contributed by atoms with E-state index >= 15 is 0 Å². The molecule has 18 heavy (non-hydrogen) atoms. The molecular formula is C12H21NO5. The fraction of sp³-hybridized carbons (Fsp3) is 0.917. The van der Waals surface area contributed by atoms with E-state index in [1.807, 2.05) is 0 Å². The maximum Gasteiger partial charge on any atom is 0.305 e. The monoisotopic (exact) mass is 259 g/mol. The van der Waals surface area contributed by atoms with Gasteiger partial charge in [0.25, 0.3) is 0 Å². The van der Waals surface area contributed by atoms with Crippen molar-refractivity contribution in [3.8, 4) is 0 Å². The van der Waals surface area contributed by atoms with Crippen LogP contribution < -0.4 is 0 Å². The molecule has 0 aromatic carbocycles. The first kappa shape index (κ1) is 14.9. The molecule has 1 aliphatic rings. The molecular weight excluding hydrogens is 238 g/mol. The van der Waals surface area contributed by atoms with Crippen molar-refractivity contribution < 1.29 is 19.6 Å². The van der Waals surface area contributed by atoms with Crippen molar-refractivity contribution in [2.75, 3.05) is 7.11 Å². The average molecular weight is 259 g/mol. The number of nitrogens with zero attached hydrogens (tertiary/aromatic N) is 1. The number of aliphatic hydroxyl groups excluding tert-OH is 1. The van der Waals surface area contributed by atoms with Crippen LogP contribution >= 0.6 is 0 Å². The van der Waals surface area contributed by atoms with E-state index < -0.39 is 23.0 Å². The summed E-state index contributed by atoms with van der Waals surface area (Å²) in [4.78, 5) is 21.5. The zero-order valence-corrected chi connectivity index (χ0v) is 10.7. The molecule has 1 aliphatic carbocycles. The highest BCUT2D eigenvalue weighted by Gasteiger charge is 2.36. The topological polar surface area (TPSA) is 89.7 Å². The minimum atomic E-state index is -1.06. The lowest BCUT2D eigenvalue weighted by Gasteiger charge is -2.28. The van der Waals surface area contributed by atoms with Gasteiger partial charge in [-0.3, -0.25) is 14.9 Å². The Morgan fingerprint density at radius 3 is 2.56 bits per heavy atom. The van der Waals surface area contributed by atoms with Crippen LogP contribution in [0.3, 0.4) is 0 Å². The number of ether oxygens (including phenoxy) is 1. The molecule has 0 aromatic heterocycles. The maximum absolute atomic E-state index is 11.0. The van der Waals surface area contributed by atoms with Crippen LogP contribution in [0.5, 0.6) is 0 Å². The molecule has 0 amide bonds. The quantitative estimate of drug-likeness (QED) is 0.444. The third-order valence-electron chi connectivity index (χ3n) is 3.67. The van der Waals surface area contributed by atoms with Gasteiger partial charge >= 0.3 is 5.97 Å². The second-order valence-corrected chi connectivity index (χ2v) is 4.86. The summed E-state index contributed by atoms with van der Waals surface area (Å²) in [7, 11) is 1.25. The van der Waals surface area contributed by atoms with E-state index in [-0.39, 0.29) is 18.8 Å². The van der Waals surface area contributed by atoms with Crippen LogP contribution in [-0.2, 0) is 9.53 Å². The van der Waals surface area contributed by atoms with E-state index in [1.165, 1.54) is 7.11 Å². The number of aliphatic hydroxyl groups is 1. The van der Waals surface area contributed by atoms with E-state index in [9.17, 15) is 20.0 Å². The smallest absolute Gasteiger partial charge is 0.305 e. The van der Waals surface area contributed by atoms with Crippen LogP contribution in [0.2, 0.25) is 0 Å². The molecule has 0 bridgehead atoms. The van der Waals surface area contributed by atoms with Crippen molar-refractivity contribution in [1.82, 2.24) is 0 Å². The predicted octanol–water partition coefficient (Wildman–Crippen LogP) is 1.53. The maximum atomic E-state index is 11.0. The molecule has 1 fully saturated rings. The van der Waals surface area contributed by atoms with Crippen molar-refractivity contribution in [3.63, 3.8) is 0 Å². The van der Waals surface area contributed by atoms with Gasteiger partial charge in [0.15, 0.2) is 0 Å². The molecule has 6 nitrogen and oxygen atoms in total. The molecule has 6 heteroatoms.